The molecular weight excluding hydrogens is 436 g/mol. The van der Waals surface area contributed by atoms with E-state index in [0.29, 0.717) is 5.92 Å². The quantitative estimate of drug-likeness (QED) is 0.259. The summed E-state index contributed by atoms with van der Waals surface area (Å²) in [5.41, 5.74) is 11.8. The van der Waals surface area contributed by atoms with Crippen LogP contribution in [0.2, 0.25) is 0 Å². The van der Waals surface area contributed by atoms with Crippen molar-refractivity contribution in [3.05, 3.63) is 101 Å². The molecule has 6 rings (SSSR count). The Morgan fingerprint density at radius 1 is 0.722 bits per heavy atom. The van der Waals surface area contributed by atoms with Gasteiger partial charge in [-0.2, -0.15) is 5.26 Å². The van der Waals surface area contributed by atoms with Crippen molar-refractivity contribution >= 4 is 21.8 Å². The molecule has 2 nitrogen and oxygen atoms in total. The first-order chi connectivity index (χ1) is 17.2. The molecule has 0 bridgehead atoms. The number of aromatic nitrogens is 1. The van der Waals surface area contributed by atoms with Crippen LogP contribution in [-0.2, 0) is 5.41 Å². The fourth-order valence-corrected chi connectivity index (χ4v) is 6.19. The summed E-state index contributed by atoms with van der Waals surface area (Å²) in [6.45, 7) is 13.5. The maximum absolute atomic E-state index is 10.4. The van der Waals surface area contributed by atoms with Gasteiger partial charge < -0.3 is 4.57 Å². The lowest BCUT2D eigenvalue weighted by Gasteiger charge is -2.23. The third-order valence-corrected chi connectivity index (χ3v) is 8.17. The largest absolute Gasteiger partial charge is 0.308 e. The highest BCUT2D eigenvalue weighted by molar-refractivity contribution is 6.12. The molecule has 5 aromatic rings. The van der Waals surface area contributed by atoms with Gasteiger partial charge in [-0.1, -0.05) is 90.1 Å². The van der Waals surface area contributed by atoms with E-state index in [1.54, 1.807) is 0 Å². The molecule has 0 amide bonds. The molecule has 1 heterocycles. The van der Waals surface area contributed by atoms with E-state index in [9.17, 15) is 5.26 Å². The lowest BCUT2D eigenvalue weighted by molar-refractivity contribution is 0.661. The van der Waals surface area contributed by atoms with Crippen molar-refractivity contribution in [2.75, 3.05) is 0 Å². The Labute approximate surface area is 213 Å². The number of hydrogen-bond acceptors (Lipinski definition) is 1. The first-order valence-corrected chi connectivity index (χ1v) is 13.0. The molecule has 36 heavy (non-hydrogen) atoms. The molecule has 1 aliphatic carbocycles. The molecule has 4 aromatic carbocycles. The van der Waals surface area contributed by atoms with Gasteiger partial charge in [-0.15, -0.1) is 0 Å². The maximum Gasteiger partial charge on any atom is 0.101 e. The molecule has 178 valence electrons. The first-order valence-electron chi connectivity index (χ1n) is 13.0. The van der Waals surface area contributed by atoms with Crippen LogP contribution in [0, 0.1) is 11.3 Å². The number of para-hydroxylation sites is 1. The highest BCUT2D eigenvalue weighted by Crippen LogP contribution is 2.51. The molecule has 0 saturated heterocycles. The Morgan fingerprint density at radius 2 is 1.44 bits per heavy atom. The molecule has 0 atom stereocenters. The summed E-state index contributed by atoms with van der Waals surface area (Å²) >= 11 is 0. The van der Waals surface area contributed by atoms with Crippen molar-refractivity contribution in [1.82, 2.24) is 4.57 Å². The number of fused-ring (bicyclic) bond motifs is 6. The molecule has 0 saturated carbocycles. The minimum Gasteiger partial charge on any atom is -0.308 e. The summed E-state index contributed by atoms with van der Waals surface area (Å²) in [5, 5.41) is 12.8. The minimum atomic E-state index is -0.0815. The fraction of sp³-hybridized carbons (Fsp3) is 0.265. The SMILES string of the molecule is CC(C)c1cc(C#N)c(-n2c3ccccc3c3cc4c(cc32)C(C)(C)c2ccccc2-4)c(C(C)C)c1. The zero-order chi connectivity index (χ0) is 25.4. The van der Waals surface area contributed by atoms with Crippen LogP contribution in [0.3, 0.4) is 0 Å². The molecule has 0 spiro atoms. The van der Waals surface area contributed by atoms with E-state index < -0.39 is 0 Å². The molecule has 1 aromatic heterocycles. The van der Waals surface area contributed by atoms with Crippen LogP contribution in [0.25, 0.3) is 38.6 Å². The van der Waals surface area contributed by atoms with Crippen LogP contribution in [0.4, 0.5) is 0 Å². The van der Waals surface area contributed by atoms with Crippen LogP contribution in [0.1, 0.15) is 81.2 Å². The van der Waals surface area contributed by atoms with E-state index in [4.69, 9.17) is 0 Å². The van der Waals surface area contributed by atoms with Crippen molar-refractivity contribution in [2.45, 2.75) is 58.8 Å². The predicted molar refractivity (Wildman–Crippen MR) is 151 cm³/mol. The highest BCUT2D eigenvalue weighted by atomic mass is 15.0. The van der Waals surface area contributed by atoms with Gasteiger partial charge in [-0.25, -0.2) is 0 Å². The minimum absolute atomic E-state index is 0.0815. The number of hydrogen-bond donors (Lipinski definition) is 0. The average molecular weight is 469 g/mol. The standard InChI is InChI=1S/C34H32N2/c1-20(2)22-15-23(19-35)33(26(16-22)21(3)4)36-31-14-10-8-12-25(31)28-17-27-24-11-7-9-13-29(24)34(5,6)30(27)18-32(28)36/h7-18,20-21H,1-6H3. The Kier molecular flexibility index (Phi) is 4.92. The number of benzene rings is 4. The van der Waals surface area contributed by atoms with Gasteiger partial charge >= 0.3 is 0 Å². The first kappa shape index (κ1) is 22.6. The Hall–Kier alpha value is -3.83. The molecule has 0 unspecified atom stereocenters. The van der Waals surface area contributed by atoms with Crippen LogP contribution in [0.15, 0.2) is 72.8 Å². The number of nitrogens with zero attached hydrogens (tertiary/aromatic N) is 2. The third-order valence-electron chi connectivity index (χ3n) is 8.17. The van der Waals surface area contributed by atoms with E-state index in [-0.39, 0.29) is 11.3 Å². The van der Waals surface area contributed by atoms with E-state index >= 15 is 0 Å². The van der Waals surface area contributed by atoms with Gasteiger partial charge in [-0.3, -0.25) is 0 Å². The normalized spacial score (nSPS) is 14.0. The zero-order valence-corrected chi connectivity index (χ0v) is 22.0. The average Bonchev–Trinajstić information content (AvgIpc) is 3.31. The maximum atomic E-state index is 10.4. The summed E-state index contributed by atoms with van der Waals surface area (Å²) in [4.78, 5) is 0. The van der Waals surface area contributed by atoms with Crippen LogP contribution in [-0.4, -0.2) is 4.57 Å². The summed E-state index contributed by atoms with van der Waals surface area (Å²) in [5.74, 6) is 0.654. The summed E-state index contributed by atoms with van der Waals surface area (Å²) in [6.07, 6.45) is 0. The van der Waals surface area contributed by atoms with Gasteiger partial charge in [-0.05, 0) is 69.5 Å². The molecule has 0 radical (unpaired) electrons. The third kappa shape index (κ3) is 3.02. The second-order valence-electron chi connectivity index (χ2n) is 11.4. The second kappa shape index (κ2) is 7.84. The topological polar surface area (TPSA) is 28.7 Å². The van der Waals surface area contributed by atoms with Crippen LogP contribution >= 0.6 is 0 Å². The van der Waals surface area contributed by atoms with Crippen LogP contribution in [0.5, 0.6) is 0 Å². The monoisotopic (exact) mass is 468 g/mol. The Balaban J connectivity index is 1.78. The Bertz CT molecular complexity index is 1720. The van der Waals surface area contributed by atoms with Gasteiger partial charge in [0.25, 0.3) is 0 Å². The van der Waals surface area contributed by atoms with E-state index in [1.165, 1.54) is 49.7 Å². The van der Waals surface area contributed by atoms with Gasteiger partial charge in [0, 0.05) is 16.2 Å². The van der Waals surface area contributed by atoms with E-state index in [0.717, 1.165) is 16.8 Å². The van der Waals surface area contributed by atoms with Gasteiger partial charge in [0.15, 0.2) is 0 Å². The number of nitriles is 1. The summed E-state index contributed by atoms with van der Waals surface area (Å²) in [7, 11) is 0. The van der Waals surface area contributed by atoms with Gasteiger partial charge in [0.05, 0.1) is 22.3 Å². The smallest absolute Gasteiger partial charge is 0.101 e. The lowest BCUT2D eigenvalue weighted by atomic mass is 9.82. The Morgan fingerprint density at radius 3 is 2.17 bits per heavy atom. The molecular formula is C34H32N2. The molecule has 0 N–H and O–H groups in total. The predicted octanol–water partition coefficient (Wildman–Crippen LogP) is 9.21. The van der Waals surface area contributed by atoms with E-state index in [1.807, 2.05) is 0 Å². The molecule has 2 heteroatoms. The molecule has 0 aliphatic heterocycles. The summed E-state index contributed by atoms with van der Waals surface area (Å²) < 4.78 is 2.36. The van der Waals surface area contributed by atoms with Crippen molar-refractivity contribution in [1.29, 1.82) is 5.26 Å². The lowest BCUT2D eigenvalue weighted by Crippen LogP contribution is -2.15. The molecule has 0 fully saturated rings. The molecule has 1 aliphatic rings. The second-order valence-corrected chi connectivity index (χ2v) is 11.4. The zero-order valence-electron chi connectivity index (χ0n) is 22.0. The van der Waals surface area contributed by atoms with Crippen molar-refractivity contribution < 1.29 is 0 Å². The van der Waals surface area contributed by atoms with Crippen LogP contribution < -0.4 is 0 Å². The van der Waals surface area contributed by atoms with E-state index in [2.05, 4.69) is 125 Å². The fourth-order valence-electron chi connectivity index (χ4n) is 6.19. The van der Waals surface area contributed by atoms with Crippen molar-refractivity contribution in [3.63, 3.8) is 0 Å². The highest BCUT2D eigenvalue weighted by Gasteiger charge is 2.36. The number of rotatable bonds is 3. The van der Waals surface area contributed by atoms with Crippen molar-refractivity contribution in [2.24, 2.45) is 0 Å². The van der Waals surface area contributed by atoms with Crippen molar-refractivity contribution in [3.8, 4) is 22.9 Å². The van der Waals surface area contributed by atoms with Gasteiger partial charge in [0.1, 0.15) is 6.07 Å². The summed E-state index contributed by atoms with van der Waals surface area (Å²) in [6, 6.07) is 29.2. The van der Waals surface area contributed by atoms with Gasteiger partial charge in [0.2, 0.25) is 0 Å².